The maximum absolute atomic E-state index is 12.0. The molecule has 0 bridgehead atoms. The summed E-state index contributed by atoms with van der Waals surface area (Å²) in [6, 6.07) is 6.40. The van der Waals surface area contributed by atoms with Crippen molar-refractivity contribution in [1.82, 2.24) is 10.6 Å². The number of para-hydroxylation sites is 2. The molecular formula is C15H21ClN4O3. The Hall–Kier alpha value is -2.12. The number of carbonyl (C=O) groups is 1. The molecule has 0 fully saturated rings. The third-order valence-electron chi connectivity index (χ3n) is 3.54. The van der Waals surface area contributed by atoms with Crippen molar-refractivity contribution in [3.05, 3.63) is 46.0 Å². The third kappa shape index (κ3) is 5.54. The number of likely N-dealkylation sites (N-methyl/N-ethyl adjacent to an activating group) is 1. The number of halogens is 1. The Morgan fingerprint density at radius 3 is 2.83 bits per heavy atom. The van der Waals surface area contributed by atoms with Gasteiger partial charge in [0.1, 0.15) is 5.69 Å². The molecule has 0 spiro atoms. The van der Waals surface area contributed by atoms with E-state index in [-0.39, 0.29) is 30.5 Å². The van der Waals surface area contributed by atoms with Crippen molar-refractivity contribution in [2.75, 3.05) is 38.1 Å². The fourth-order valence-corrected chi connectivity index (χ4v) is 2.34. The van der Waals surface area contributed by atoms with Crippen LogP contribution in [-0.2, 0) is 4.79 Å². The minimum Gasteiger partial charge on any atom is -0.360 e. The van der Waals surface area contributed by atoms with Gasteiger partial charge in [0.05, 0.1) is 11.5 Å². The molecule has 0 saturated heterocycles. The van der Waals surface area contributed by atoms with E-state index in [4.69, 9.17) is 0 Å². The zero-order valence-corrected chi connectivity index (χ0v) is 13.8. The minimum absolute atomic E-state index is 0. The van der Waals surface area contributed by atoms with Crippen LogP contribution in [0.15, 0.2) is 35.9 Å². The molecule has 1 aromatic rings. The van der Waals surface area contributed by atoms with Crippen LogP contribution in [-0.4, -0.2) is 44.1 Å². The van der Waals surface area contributed by atoms with Gasteiger partial charge < -0.3 is 15.5 Å². The second-order valence-electron chi connectivity index (χ2n) is 5.20. The predicted octanol–water partition coefficient (Wildman–Crippen LogP) is 1.49. The zero-order chi connectivity index (χ0) is 15.9. The van der Waals surface area contributed by atoms with Crippen LogP contribution < -0.4 is 15.5 Å². The molecule has 1 heterocycles. The molecule has 1 aromatic carbocycles. The lowest BCUT2D eigenvalue weighted by molar-refractivity contribution is -0.384. The van der Waals surface area contributed by atoms with Gasteiger partial charge in [-0.05, 0) is 19.0 Å². The quantitative estimate of drug-likeness (QED) is 0.465. The average Bonchev–Trinajstić information content (AvgIpc) is 2.54. The zero-order valence-electron chi connectivity index (χ0n) is 12.9. The van der Waals surface area contributed by atoms with Crippen LogP contribution in [0.2, 0.25) is 0 Å². The maximum atomic E-state index is 12.0. The second-order valence-corrected chi connectivity index (χ2v) is 5.20. The smallest absolute Gasteiger partial charge is 0.292 e. The fraction of sp³-hybridized carbons (Fsp3) is 0.400. The second kappa shape index (κ2) is 9.12. The van der Waals surface area contributed by atoms with E-state index >= 15 is 0 Å². The first-order valence-electron chi connectivity index (χ1n) is 7.18. The van der Waals surface area contributed by atoms with Gasteiger partial charge in [0, 0.05) is 26.2 Å². The van der Waals surface area contributed by atoms with Crippen LogP contribution in [0.5, 0.6) is 0 Å². The molecular weight excluding hydrogens is 320 g/mol. The van der Waals surface area contributed by atoms with Crippen molar-refractivity contribution >= 4 is 29.7 Å². The summed E-state index contributed by atoms with van der Waals surface area (Å²) in [5.74, 6) is -0.153. The maximum Gasteiger partial charge on any atom is 0.292 e. The van der Waals surface area contributed by atoms with E-state index in [9.17, 15) is 14.9 Å². The minimum atomic E-state index is -0.441. The number of benzene rings is 1. The number of hydrogen-bond acceptors (Lipinski definition) is 5. The number of nitro benzene ring substituents is 1. The van der Waals surface area contributed by atoms with E-state index in [1.165, 1.54) is 11.6 Å². The van der Waals surface area contributed by atoms with Crippen molar-refractivity contribution in [3.63, 3.8) is 0 Å². The molecule has 0 saturated carbocycles. The first-order valence-corrected chi connectivity index (χ1v) is 7.18. The summed E-state index contributed by atoms with van der Waals surface area (Å²) in [4.78, 5) is 24.1. The van der Waals surface area contributed by atoms with Gasteiger partial charge in [-0.25, -0.2) is 0 Å². The van der Waals surface area contributed by atoms with Crippen LogP contribution >= 0.6 is 12.4 Å². The van der Waals surface area contributed by atoms with Crippen molar-refractivity contribution < 1.29 is 9.72 Å². The first-order chi connectivity index (χ1) is 10.6. The highest BCUT2D eigenvalue weighted by molar-refractivity contribution is 5.85. The molecule has 1 aliphatic heterocycles. The van der Waals surface area contributed by atoms with E-state index in [0.29, 0.717) is 12.2 Å². The van der Waals surface area contributed by atoms with Crippen LogP contribution in [0.25, 0.3) is 0 Å². The Bertz CT molecular complexity index is 592. The lowest BCUT2D eigenvalue weighted by Crippen LogP contribution is -2.37. The highest BCUT2D eigenvalue weighted by Gasteiger charge is 2.17. The van der Waals surface area contributed by atoms with Crippen molar-refractivity contribution in [2.24, 2.45) is 0 Å². The van der Waals surface area contributed by atoms with Crippen molar-refractivity contribution in [1.29, 1.82) is 0 Å². The molecule has 0 aliphatic carbocycles. The van der Waals surface area contributed by atoms with E-state index in [1.54, 1.807) is 30.1 Å². The number of nitro groups is 1. The standard InChI is InChI=1S/C15H20N4O3.ClH/c1-18(13-4-2-3-5-14(13)19(21)22)11-15(20)17-10-12-6-8-16-9-7-12;/h2-6,16H,7-11H2,1H3,(H,17,20);1H. The van der Waals surface area contributed by atoms with Crippen LogP contribution in [0, 0.1) is 10.1 Å². The first kappa shape index (κ1) is 18.9. The molecule has 1 aliphatic rings. The molecule has 0 radical (unpaired) electrons. The molecule has 126 valence electrons. The molecule has 0 atom stereocenters. The molecule has 0 aromatic heterocycles. The number of amides is 1. The Kier molecular flexibility index (Phi) is 7.50. The summed E-state index contributed by atoms with van der Waals surface area (Å²) in [6.45, 7) is 2.38. The fourth-order valence-electron chi connectivity index (χ4n) is 2.34. The normalized spacial score (nSPS) is 13.5. The van der Waals surface area contributed by atoms with E-state index < -0.39 is 4.92 Å². The molecule has 1 amide bonds. The van der Waals surface area contributed by atoms with E-state index in [1.807, 2.05) is 0 Å². The molecule has 0 unspecified atom stereocenters. The lowest BCUT2D eigenvalue weighted by Gasteiger charge is -2.19. The number of carbonyl (C=O) groups excluding carboxylic acids is 1. The highest BCUT2D eigenvalue weighted by Crippen LogP contribution is 2.26. The third-order valence-corrected chi connectivity index (χ3v) is 3.54. The van der Waals surface area contributed by atoms with Crippen molar-refractivity contribution in [3.8, 4) is 0 Å². The molecule has 7 nitrogen and oxygen atoms in total. The van der Waals surface area contributed by atoms with E-state index in [2.05, 4.69) is 16.7 Å². The van der Waals surface area contributed by atoms with Gasteiger partial charge in [-0.2, -0.15) is 0 Å². The predicted molar refractivity (Wildman–Crippen MR) is 92.2 cm³/mol. The molecule has 8 heteroatoms. The Labute approximate surface area is 141 Å². The molecule has 2 N–H and O–H groups in total. The number of nitrogens with zero attached hydrogens (tertiary/aromatic N) is 2. The SMILES string of the molecule is CN(CC(=O)NCC1=CCNCC1)c1ccccc1[N+](=O)[O-].Cl. The van der Waals surface area contributed by atoms with Gasteiger partial charge in [0.25, 0.3) is 5.69 Å². The molecule has 2 rings (SSSR count). The summed E-state index contributed by atoms with van der Waals surface area (Å²) < 4.78 is 0. The van der Waals surface area contributed by atoms with Crippen LogP contribution in [0.1, 0.15) is 6.42 Å². The van der Waals surface area contributed by atoms with E-state index in [0.717, 1.165) is 19.5 Å². The summed E-state index contributed by atoms with van der Waals surface area (Å²) in [5, 5.41) is 17.1. The summed E-state index contributed by atoms with van der Waals surface area (Å²) in [5.41, 5.74) is 1.64. The van der Waals surface area contributed by atoms with Crippen LogP contribution in [0.3, 0.4) is 0 Å². The number of hydrogen-bond donors (Lipinski definition) is 2. The van der Waals surface area contributed by atoms with Gasteiger partial charge in [0.2, 0.25) is 5.91 Å². The Morgan fingerprint density at radius 1 is 1.43 bits per heavy atom. The summed E-state index contributed by atoms with van der Waals surface area (Å²) in [6.07, 6.45) is 3.01. The van der Waals surface area contributed by atoms with Gasteiger partial charge in [-0.3, -0.25) is 14.9 Å². The van der Waals surface area contributed by atoms with Crippen molar-refractivity contribution in [2.45, 2.75) is 6.42 Å². The van der Waals surface area contributed by atoms with Gasteiger partial charge in [0.15, 0.2) is 0 Å². The van der Waals surface area contributed by atoms with Gasteiger partial charge in [-0.1, -0.05) is 23.8 Å². The summed E-state index contributed by atoms with van der Waals surface area (Å²) >= 11 is 0. The number of rotatable bonds is 6. The number of nitrogens with one attached hydrogen (secondary N) is 2. The highest BCUT2D eigenvalue weighted by atomic mass is 35.5. The Balaban J connectivity index is 0.00000264. The van der Waals surface area contributed by atoms with Gasteiger partial charge in [-0.15, -0.1) is 12.4 Å². The summed E-state index contributed by atoms with van der Waals surface area (Å²) in [7, 11) is 1.67. The average molecular weight is 341 g/mol. The Morgan fingerprint density at radius 2 is 2.17 bits per heavy atom. The van der Waals surface area contributed by atoms with Crippen LogP contribution in [0.4, 0.5) is 11.4 Å². The topological polar surface area (TPSA) is 87.5 Å². The monoisotopic (exact) mass is 340 g/mol. The van der Waals surface area contributed by atoms with Gasteiger partial charge >= 0.3 is 0 Å². The number of anilines is 1. The lowest BCUT2D eigenvalue weighted by atomic mass is 10.1. The largest absolute Gasteiger partial charge is 0.360 e. The molecule has 23 heavy (non-hydrogen) atoms.